The molecule has 1 N–H and O–H groups in total. The summed E-state index contributed by atoms with van der Waals surface area (Å²) in [5, 5.41) is 3.15. The number of hydrogen-bond donors (Lipinski definition) is 1. The lowest BCUT2D eigenvalue weighted by Gasteiger charge is -2.29. The van der Waals surface area contributed by atoms with Gasteiger partial charge in [-0.1, -0.05) is 0 Å². The van der Waals surface area contributed by atoms with E-state index in [1.165, 1.54) is 0 Å². The Morgan fingerprint density at radius 1 is 1.25 bits per heavy atom. The molecule has 2 rings (SSSR count). The van der Waals surface area contributed by atoms with Crippen LogP contribution in [0.15, 0.2) is 0 Å². The number of ether oxygens (including phenoxy) is 1. The van der Waals surface area contributed by atoms with Gasteiger partial charge in [0.1, 0.15) is 0 Å². The molecule has 2 heterocycles. The molecule has 0 spiro atoms. The molecule has 5 nitrogen and oxygen atoms in total. The molecule has 0 saturated carbocycles. The molecule has 6 heteroatoms. The van der Waals surface area contributed by atoms with E-state index in [1.54, 1.807) is 4.31 Å². The van der Waals surface area contributed by atoms with Crippen molar-refractivity contribution in [1.29, 1.82) is 0 Å². The Morgan fingerprint density at radius 3 is 2.62 bits per heavy atom. The molecular formula is C10H20N2O3S. The molecule has 2 aliphatic heterocycles. The SMILES string of the molecule is O=S(=O)(CC1CCCCO1)N1CCNCC1. The Labute approximate surface area is 97.2 Å². The molecule has 1 atom stereocenters. The molecule has 2 fully saturated rings. The van der Waals surface area contributed by atoms with Crippen LogP contribution in [0.5, 0.6) is 0 Å². The van der Waals surface area contributed by atoms with E-state index in [2.05, 4.69) is 5.32 Å². The highest BCUT2D eigenvalue weighted by Crippen LogP contribution is 2.16. The highest BCUT2D eigenvalue weighted by Gasteiger charge is 2.28. The van der Waals surface area contributed by atoms with Crippen LogP contribution in [0.2, 0.25) is 0 Å². The third kappa shape index (κ3) is 3.16. The fourth-order valence-corrected chi connectivity index (χ4v) is 3.88. The van der Waals surface area contributed by atoms with Gasteiger partial charge in [-0.3, -0.25) is 0 Å². The summed E-state index contributed by atoms with van der Waals surface area (Å²) < 4.78 is 31.2. The largest absolute Gasteiger partial charge is 0.377 e. The first-order chi connectivity index (χ1) is 7.68. The van der Waals surface area contributed by atoms with Gasteiger partial charge >= 0.3 is 0 Å². The maximum absolute atomic E-state index is 12.1. The van der Waals surface area contributed by atoms with Crippen molar-refractivity contribution in [3.8, 4) is 0 Å². The average molecular weight is 248 g/mol. The maximum atomic E-state index is 12.1. The van der Waals surface area contributed by atoms with Gasteiger partial charge in [0.05, 0.1) is 11.9 Å². The number of rotatable bonds is 3. The standard InChI is InChI=1S/C10H20N2O3S/c13-16(14,12-6-4-11-5-7-12)9-10-3-1-2-8-15-10/h10-11H,1-9H2. The van der Waals surface area contributed by atoms with Crippen molar-refractivity contribution in [2.75, 3.05) is 38.5 Å². The number of hydrogen-bond acceptors (Lipinski definition) is 4. The van der Waals surface area contributed by atoms with Crippen LogP contribution in [-0.2, 0) is 14.8 Å². The Hall–Kier alpha value is -0.170. The van der Waals surface area contributed by atoms with Gasteiger partial charge < -0.3 is 10.1 Å². The van der Waals surface area contributed by atoms with Crippen LogP contribution < -0.4 is 5.32 Å². The third-order valence-electron chi connectivity index (χ3n) is 3.14. The van der Waals surface area contributed by atoms with Gasteiger partial charge in [-0.05, 0) is 19.3 Å². The summed E-state index contributed by atoms with van der Waals surface area (Å²) in [6, 6.07) is 0. The second-order valence-corrected chi connectivity index (χ2v) is 6.43. The van der Waals surface area contributed by atoms with Crippen molar-refractivity contribution < 1.29 is 13.2 Å². The topological polar surface area (TPSA) is 58.6 Å². The molecule has 2 aliphatic rings. The van der Waals surface area contributed by atoms with Gasteiger partial charge in [0.25, 0.3) is 0 Å². The zero-order valence-electron chi connectivity index (χ0n) is 9.52. The molecule has 0 aromatic rings. The highest BCUT2D eigenvalue weighted by molar-refractivity contribution is 7.89. The van der Waals surface area contributed by atoms with Crippen LogP contribution in [0.1, 0.15) is 19.3 Å². The first kappa shape index (κ1) is 12.3. The predicted molar refractivity (Wildman–Crippen MR) is 61.8 cm³/mol. The van der Waals surface area contributed by atoms with Crippen molar-refractivity contribution in [2.24, 2.45) is 0 Å². The molecule has 0 radical (unpaired) electrons. The number of sulfonamides is 1. The fraction of sp³-hybridized carbons (Fsp3) is 1.00. The molecule has 0 aliphatic carbocycles. The molecule has 0 bridgehead atoms. The second kappa shape index (κ2) is 5.44. The molecule has 94 valence electrons. The molecule has 0 aromatic heterocycles. The van der Waals surface area contributed by atoms with E-state index < -0.39 is 10.0 Å². The van der Waals surface area contributed by atoms with Gasteiger partial charge in [-0.25, -0.2) is 8.42 Å². The Balaban J connectivity index is 1.90. The lowest BCUT2D eigenvalue weighted by Crippen LogP contribution is -2.48. The molecule has 0 aromatic carbocycles. The van der Waals surface area contributed by atoms with Gasteiger partial charge in [-0.15, -0.1) is 0 Å². The summed E-state index contributed by atoms with van der Waals surface area (Å²) in [5.74, 6) is 0.160. The highest BCUT2D eigenvalue weighted by atomic mass is 32.2. The predicted octanol–water partition coefficient (Wildman–Crippen LogP) is -0.209. The smallest absolute Gasteiger partial charge is 0.216 e. The quantitative estimate of drug-likeness (QED) is 0.751. The molecular weight excluding hydrogens is 228 g/mol. The zero-order chi connectivity index (χ0) is 11.4. The Kier molecular flexibility index (Phi) is 4.18. The van der Waals surface area contributed by atoms with E-state index in [4.69, 9.17) is 4.74 Å². The van der Waals surface area contributed by atoms with Gasteiger partial charge in [0.2, 0.25) is 10.0 Å². The lowest BCUT2D eigenvalue weighted by molar-refractivity contribution is 0.0298. The van der Waals surface area contributed by atoms with Crippen molar-refractivity contribution in [3.05, 3.63) is 0 Å². The van der Waals surface area contributed by atoms with Gasteiger partial charge in [0.15, 0.2) is 0 Å². The fourth-order valence-electron chi connectivity index (χ4n) is 2.20. The first-order valence-electron chi connectivity index (χ1n) is 5.99. The summed E-state index contributed by atoms with van der Waals surface area (Å²) in [4.78, 5) is 0. The monoisotopic (exact) mass is 248 g/mol. The summed E-state index contributed by atoms with van der Waals surface area (Å²) in [6.07, 6.45) is 2.94. The van der Waals surface area contributed by atoms with E-state index >= 15 is 0 Å². The molecule has 2 saturated heterocycles. The number of nitrogens with one attached hydrogen (secondary N) is 1. The lowest BCUT2D eigenvalue weighted by atomic mass is 10.1. The van der Waals surface area contributed by atoms with Crippen LogP contribution in [-0.4, -0.2) is 57.4 Å². The summed E-state index contributed by atoms with van der Waals surface area (Å²) in [7, 11) is -3.11. The average Bonchev–Trinajstić information content (AvgIpc) is 2.31. The minimum absolute atomic E-state index is 0.0892. The normalized spacial score (nSPS) is 29.1. The van der Waals surface area contributed by atoms with Crippen molar-refractivity contribution >= 4 is 10.0 Å². The second-order valence-electron chi connectivity index (χ2n) is 4.42. The molecule has 1 unspecified atom stereocenters. The minimum atomic E-state index is -3.11. The Morgan fingerprint density at radius 2 is 2.00 bits per heavy atom. The van der Waals surface area contributed by atoms with E-state index in [1.807, 2.05) is 0 Å². The third-order valence-corrected chi connectivity index (χ3v) is 5.08. The Bertz CT molecular complexity index is 306. The van der Waals surface area contributed by atoms with Crippen LogP contribution in [0.4, 0.5) is 0 Å². The van der Waals surface area contributed by atoms with E-state index in [9.17, 15) is 8.42 Å². The minimum Gasteiger partial charge on any atom is -0.377 e. The number of nitrogens with zero attached hydrogens (tertiary/aromatic N) is 1. The summed E-state index contributed by atoms with van der Waals surface area (Å²) in [5.41, 5.74) is 0. The van der Waals surface area contributed by atoms with Crippen molar-refractivity contribution in [3.63, 3.8) is 0 Å². The van der Waals surface area contributed by atoms with Crippen molar-refractivity contribution in [2.45, 2.75) is 25.4 Å². The zero-order valence-corrected chi connectivity index (χ0v) is 10.3. The first-order valence-corrected chi connectivity index (χ1v) is 7.59. The molecule has 0 amide bonds. The summed E-state index contributed by atoms with van der Waals surface area (Å²) in [6.45, 7) is 3.40. The van der Waals surface area contributed by atoms with Gasteiger partial charge in [-0.2, -0.15) is 4.31 Å². The van der Waals surface area contributed by atoms with Crippen LogP contribution in [0.25, 0.3) is 0 Å². The van der Waals surface area contributed by atoms with E-state index in [0.29, 0.717) is 19.7 Å². The van der Waals surface area contributed by atoms with Crippen molar-refractivity contribution in [1.82, 2.24) is 9.62 Å². The maximum Gasteiger partial charge on any atom is 0.216 e. The number of piperazine rings is 1. The summed E-state index contributed by atoms with van der Waals surface area (Å²) >= 11 is 0. The van der Waals surface area contributed by atoms with Crippen LogP contribution in [0.3, 0.4) is 0 Å². The van der Waals surface area contributed by atoms with Crippen LogP contribution in [0, 0.1) is 0 Å². The molecule has 16 heavy (non-hydrogen) atoms. The van der Waals surface area contributed by atoms with E-state index in [0.717, 1.165) is 32.4 Å². The van der Waals surface area contributed by atoms with Crippen LogP contribution >= 0.6 is 0 Å². The van der Waals surface area contributed by atoms with E-state index in [-0.39, 0.29) is 11.9 Å². The van der Waals surface area contributed by atoms with Gasteiger partial charge in [0, 0.05) is 32.8 Å².